The molecule has 7 heteroatoms. The Morgan fingerprint density at radius 1 is 1.45 bits per heavy atom. The molecule has 0 aliphatic carbocycles. The zero-order valence-electron chi connectivity index (χ0n) is 12.1. The highest BCUT2D eigenvalue weighted by Gasteiger charge is 2.20. The minimum atomic E-state index is -0.190. The number of carbonyl (C=O) groups is 1. The van der Waals surface area contributed by atoms with Gasteiger partial charge in [0.05, 0.1) is 0 Å². The highest BCUT2D eigenvalue weighted by Crippen LogP contribution is 2.26. The van der Waals surface area contributed by atoms with Crippen molar-refractivity contribution in [3.63, 3.8) is 0 Å². The first-order valence-corrected chi connectivity index (χ1v) is 7.86. The van der Waals surface area contributed by atoms with Crippen LogP contribution in [0.2, 0.25) is 0 Å². The lowest BCUT2D eigenvalue weighted by Crippen LogP contribution is -2.41. The van der Waals surface area contributed by atoms with Crippen LogP contribution in [0.1, 0.15) is 36.5 Å². The maximum absolute atomic E-state index is 11.8. The van der Waals surface area contributed by atoms with Crippen LogP contribution >= 0.6 is 11.5 Å². The Morgan fingerprint density at radius 3 is 2.80 bits per heavy atom. The minimum Gasteiger partial charge on any atom is -0.382 e. The lowest BCUT2D eigenvalue weighted by molar-refractivity contribution is 0.0965. The number of nitrogens with one attached hydrogen (secondary N) is 2. The first kappa shape index (κ1) is 15.1. The number of likely N-dealkylation sites (tertiary alicyclic amines) is 1. The molecule has 0 bridgehead atoms. The number of piperidine rings is 1. The number of rotatable bonds is 5. The fourth-order valence-electron chi connectivity index (χ4n) is 2.50. The van der Waals surface area contributed by atoms with E-state index in [1.165, 1.54) is 30.8 Å². The maximum atomic E-state index is 11.8. The van der Waals surface area contributed by atoms with Gasteiger partial charge in [0.25, 0.3) is 5.91 Å². The van der Waals surface area contributed by atoms with Gasteiger partial charge >= 0.3 is 0 Å². The highest BCUT2D eigenvalue weighted by molar-refractivity contribution is 7.11. The number of aromatic nitrogens is 1. The quantitative estimate of drug-likeness (QED) is 0.764. The van der Waals surface area contributed by atoms with E-state index < -0.39 is 0 Å². The molecule has 0 aromatic carbocycles. The van der Waals surface area contributed by atoms with Crippen molar-refractivity contribution in [2.45, 2.75) is 32.2 Å². The molecule has 6 nitrogen and oxygen atoms in total. The number of nitrogens with two attached hydrogens (primary N) is 1. The fraction of sp³-hybridized carbons (Fsp3) is 0.692. The molecule has 1 aromatic rings. The van der Waals surface area contributed by atoms with E-state index in [2.05, 4.69) is 26.8 Å². The lowest BCUT2D eigenvalue weighted by Gasteiger charge is -2.32. The molecule has 1 fully saturated rings. The van der Waals surface area contributed by atoms with Crippen LogP contribution in [0.3, 0.4) is 0 Å². The number of hydrogen-bond donors (Lipinski definition) is 3. The van der Waals surface area contributed by atoms with E-state index in [-0.39, 0.29) is 5.91 Å². The molecule has 4 N–H and O–H groups in total. The van der Waals surface area contributed by atoms with E-state index >= 15 is 0 Å². The molecule has 1 aromatic heterocycles. The molecule has 1 unspecified atom stereocenters. The van der Waals surface area contributed by atoms with Crippen LogP contribution in [0.25, 0.3) is 0 Å². The fourth-order valence-corrected chi connectivity index (χ4v) is 3.21. The lowest BCUT2D eigenvalue weighted by atomic mass is 10.1. The van der Waals surface area contributed by atoms with Gasteiger partial charge in [-0.25, -0.2) is 0 Å². The van der Waals surface area contributed by atoms with Crippen molar-refractivity contribution in [1.82, 2.24) is 14.6 Å². The molecular formula is C13H23N5OS. The molecule has 1 saturated heterocycles. The Morgan fingerprint density at radius 2 is 2.15 bits per heavy atom. The van der Waals surface area contributed by atoms with Crippen LogP contribution in [-0.4, -0.2) is 47.9 Å². The van der Waals surface area contributed by atoms with Crippen molar-refractivity contribution >= 4 is 28.3 Å². The molecular weight excluding hydrogens is 274 g/mol. The Hall–Kier alpha value is -1.34. The predicted octanol–water partition coefficient (Wildman–Crippen LogP) is 1.37. The van der Waals surface area contributed by atoms with Gasteiger partial charge in [0, 0.05) is 19.6 Å². The molecule has 1 atom stereocenters. The van der Waals surface area contributed by atoms with Gasteiger partial charge in [0.15, 0.2) is 5.82 Å². The molecule has 20 heavy (non-hydrogen) atoms. The molecule has 2 rings (SSSR count). The molecule has 2 heterocycles. The first-order valence-electron chi connectivity index (χ1n) is 7.08. The summed E-state index contributed by atoms with van der Waals surface area (Å²) in [6.45, 7) is 5.33. The molecule has 0 spiro atoms. The van der Waals surface area contributed by atoms with E-state index in [1.54, 1.807) is 7.05 Å². The summed E-state index contributed by atoms with van der Waals surface area (Å²) in [5.41, 5.74) is 6.22. The monoisotopic (exact) mass is 297 g/mol. The number of carbonyl (C=O) groups excluding carboxylic acids is 1. The second kappa shape index (κ2) is 6.90. The van der Waals surface area contributed by atoms with Crippen LogP contribution in [-0.2, 0) is 0 Å². The van der Waals surface area contributed by atoms with Crippen LogP contribution in [0.4, 0.5) is 10.8 Å². The third-order valence-electron chi connectivity index (χ3n) is 3.74. The van der Waals surface area contributed by atoms with Crippen LogP contribution in [0, 0.1) is 0 Å². The second-order valence-corrected chi connectivity index (χ2v) is 5.95. The van der Waals surface area contributed by atoms with E-state index in [1.807, 2.05) is 0 Å². The molecule has 1 aliphatic rings. The number of amides is 1. The van der Waals surface area contributed by atoms with Crippen molar-refractivity contribution in [3.05, 3.63) is 5.56 Å². The van der Waals surface area contributed by atoms with Gasteiger partial charge in [-0.2, -0.15) is 4.37 Å². The normalized spacial score (nSPS) is 17.7. The summed E-state index contributed by atoms with van der Waals surface area (Å²) >= 11 is 1.24. The average Bonchev–Trinajstić information content (AvgIpc) is 2.86. The molecule has 1 aliphatic heterocycles. The van der Waals surface area contributed by atoms with Crippen molar-refractivity contribution in [3.8, 4) is 0 Å². The topological polar surface area (TPSA) is 83.3 Å². The standard InChI is InChI=1S/C13H23N5OS/c1-9(18-6-4-3-5-7-18)8-16-13-10(12(19)15-2)11(14)17-20-13/h9,16H,3-8H2,1-2H3,(H2,14,17)(H,15,19). The van der Waals surface area contributed by atoms with Gasteiger partial charge in [-0.05, 0) is 44.4 Å². The van der Waals surface area contributed by atoms with Crippen molar-refractivity contribution < 1.29 is 4.79 Å². The van der Waals surface area contributed by atoms with Crippen LogP contribution in [0.5, 0.6) is 0 Å². The van der Waals surface area contributed by atoms with Crippen molar-refractivity contribution in [2.24, 2.45) is 0 Å². The van der Waals surface area contributed by atoms with E-state index in [4.69, 9.17) is 5.73 Å². The Balaban J connectivity index is 1.95. The van der Waals surface area contributed by atoms with E-state index in [9.17, 15) is 4.79 Å². The van der Waals surface area contributed by atoms with Crippen LogP contribution in [0.15, 0.2) is 0 Å². The van der Waals surface area contributed by atoms with Gasteiger partial charge in [0.1, 0.15) is 10.6 Å². The summed E-state index contributed by atoms with van der Waals surface area (Å²) in [5, 5.41) is 6.67. The Kier molecular flexibility index (Phi) is 5.19. The van der Waals surface area contributed by atoms with Gasteiger partial charge in [-0.15, -0.1) is 0 Å². The zero-order chi connectivity index (χ0) is 14.5. The second-order valence-electron chi connectivity index (χ2n) is 5.18. The predicted molar refractivity (Wildman–Crippen MR) is 83.3 cm³/mol. The number of hydrogen-bond acceptors (Lipinski definition) is 6. The summed E-state index contributed by atoms with van der Waals surface area (Å²) < 4.78 is 4.06. The van der Waals surface area contributed by atoms with E-state index in [0.29, 0.717) is 17.4 Å². The maximum Gasteiger partial charge on any atom is 0.257 e. The van der Waals surface area contributed by atoms with Gasteiger partial charge in [-0.3, -0.25) is 9.69 Å². The molecule has 0 radical (unpaired) electrons. The van der Waals surface area contributed by atoms with E-state index in [0.717, 1.165) is 24.6 Å². The molecule has 1 amide bonds. The third kappa shape index (κ3) is 3.40. The third-order valence-corrected chi connectivity index (χ3v) is 4.56. The largest absolute Gasteiger partial charge is 0.382 e. The summed E-state index contributed by atoms with van der Waals surface area (Å²) in [7, 11) is 1.60. The van der Waals surface area contributed by atoms with Crippen LogP contribution < -0.4 is 16.4 Å². The van der Waals surface area contributed by atoms with Crippen molar-refractivity contribution in [1.29, 1.82) is 0 Å². The summed E-state index contributed by atoms with van der Waals surface area (Å²) in [6, 6.07) is 0.441. The first-order chi connectivity index (χ1) is 9.63. The number of anilines is 2. The van der Waals surface area contributed by atoms with Gasteiger partial charge in [0.2, 0.25) is 0 Å². The smallest absolute Gasteiger partial charge is 0.257 e. The Bertz CT molecular complexity index is 456. The van der Waals surface area contributed by atoms with Crippen molar-refractivity contribution in [2.75, 3.05) is 37.7 Å². The summed E-state index contributed by atoms with van der Waals surface area (Å²) in [4.78, 5) is 14.3. The number of nitrogens with zero attached hydrogens (tertiary/aromatic N) is 2. The molecule has 112 valence electrons. The summed E-state index contributed by atoms with van der Waals surface area (Å²) in [5.74, 6) is 0.104. The Labute approximate surface area is 123 Å². The van der Waals surface area contributed by atoms with Gasteiger partial charge < -0.3 is 16.4 Å². The average molecular weight is 297 g/mol. The van der Waals surface area contributed by atoms with Gasteiger partial charge in [-0.1, -0.05) is 6.42 Å². The zero-order valence-corrected chi connectivity index (χ0v) is 12.9. The minimum absolute atomic E-state index is 0.190. The molecule has 0 saturated carbocycles. The highest BCUT2D eigenvalue weighted by atomic mass is 32.1. The SMILES string of the molecule is CNC(=O)c1c(N)nsc1NCC(C)N1CCCCC1. The summed E-state index contributed by atoms with van der Waals surface area (Å²) in [6.07, 6.45) is 3.89. The number of nitrogen functional groups attached to an aromatic ring is 1.